The van der Waals surface area contributed by atoms with Crippen LogP contribution in [0.15, 0.2) is 66.7 Å². The molecule has 4 aromatic carbocycles. The first-order chi connectivity index (χ1) is 20.9. The fourth-order valence-electron chi connectivity index (χ4n) is 11.0. The molecule has 43 heavy (non-hydrogen) atoms. The molecule has 4 fully saturated rings. The summed E-state index contributed by atoms with van der Waals surface area (Å²) in [5, 5.41) is 9.60. The predicted molar refractivity (Wildman–Crippen MR) is 176 cm³/mol. The topological polar surface area (TPSA) is 34.0 Å². The molecule has 4 aliphatic carbocycles. The van der Waals surface area contributed by atoms with Gasteiger partial charge in [0.05, 0.1) is 11.2 Å². The van der Waals surface area contributed by atoms with Crippen LogP contribution in [0, 0.1) is 17.8 Å². The summed E-state index contributed by atoms with van der Waals surface area (Å²) in [5.41, 5.74) is 17.8. The highest BCUT2D eigenvalue weighted by molar-refractivity contribution is 7.03. The van der Waals surface area contributed by atoms with Crippen molar-refractivity contribution in [1.82, 2.24) is 15.0 Å². The average molecular weight is 559 g/mol. The van der Waals surface area contributed by atoms with E-state index in [1.807, 2.05) is 0 Å². The number of aromatic nitrogens is 3. The van der Waals surface area contributed by atoms with Crippen LogP contribution in [-0.2, 0) is 10.8 Å². The van der Waals surface area contributed by atoms with E-state index in [1.165, 1.54) is 99.9 Å². The van der Waals surface area contributed by atoms with Gasteiger partial charge in [-0.3, -0.25) is 0 Å². The number of hydrogen-bond donors (Lipinski definition) is 0. The quantitative estimate of drug-likeness (QED) is 0.220. The molecule has 1 aromatic heterocycles. The lowest BCUT2D eigenvalue weighted by molar-refractivity contribution is -0.00516. The third-order valence-electron chi connectivity index (χ3n) is 12.4. The van der Waals surface area contributed by atoms with Gasteiger partial charge in [0.25, 0.3) is 6.71 Å². The summed E-state index contributed by atoms with van der Waals surface area (Å²) >= 11 is 0. The monoisotopic (exact) mass is 558 g/mol. The van der Waals surface area contributed by atoms with Crippen molar-refractivity contribution in [2.24, 2.45) is 17.8 Å². The number of rotatable bonds is 2. The minimum Gasteiger partial charge on any atom is -0.311 e. The number of hydrogen-bond acceptors (Lipinski definition) is 3. The first-order valence-corrected chi connectivity index (χ1v) is 16.5. The van der Waals surface area contributed by atoms with E-state index in [1.54, 1.807) is 5.56 Å². The molecule has 0 N–H and O–H groups in total. The second-order valence-corrected chi connectivity index (χ2v) is 15.8. The van der Waals surface area contributed by atoms with Gasteiger partial charge in [0.1, 0.15) is 5.52 Å². The Hall–Kier alpha value is -3.86. The van der Waals surface area contributed by atoms with E-state index in [4.69, 9.17) is 10.3 Å². The Bertz CT molecular complexity index is 2030. The molecule has 4 bridgehead atoms. The van der Waals surface area contributed by atoms with Crippen LogP contribution < -0.4 is 21.3 Å². The summed E-state index contributed by atoms with van der Waals surface area (Å²) in [5.74, 6) is 2.71. The number of fused-ring (bicyclic) bond motifs is 2. The van der Waals surface area contributed by atoms with Crippen LogP contribution in [0.4, 0.5) is 17.1 Å². The van der Waals surface area contributed by atoms with Gasteiger partial charge in [-0.2, -0.15) is 0 Å². The van der Waals surface area contributed by atoms with Crippen LogP contribution in [0.25, 0.3) is 27.8 Å². The molecule has 0 saturated heterocycles. The molecule has 0 atom stereocenters. The maximum absolute atomic E-state index is 4.87. The van der Waals surface area contributed by atoms with E-state index in [9.17, 15) is 0 Å². The highest BCUT2D eigenvalue weighted by atomic mass is 15.4. The average Bonchev–Trinajstić information content (AvgIpc) is 3.56. The van der Waals surface area contributed by atoms with Crippen molar-refractivity contribution >= 4 is 51.2 Å². The second kappa shape index (κ2) is 7.43. The molecular weight excluding hydrogens is 523 g/mol. The molecule has 12 rings (SSSR count). The van der Waals surface area contributed by atoms with Gasteiger partial charge in [0.2, 0.25) is 0 Å². The van der Waals surface area contributed by atoms with Crippen LogP contribution in [0.2, 0.25) is 0 Å². The Balaban J connectivity index is 1.23. The Kier molecular flexibility index (Phi) is 4.08. The second-order valence-electron chi connectivity index (χ2n) is 15.8. The lowest BCUT2D eigenvalue weighted by Crippen LogP contribution is -2.58. The van der Waals surface area contributed by atoms with Crippen LogP contribution in [0.5, 0.6) is 0 Å². The summed E-state index contributed by atoms with van der Waals surface area (Å²) in [6.07, 6.45) is 8.45. The zero-order chi connectivity index (χ0) is 28.4. The summed E-state index contributed by atoms with van der Waals surface area (Å²) in [4.78, 5) is 2.59. The molecule has 3 aliphatic heterocycles. The molecule has 4 heterocycles. The van der Waals surface area contributed by atoms with Crippen LogP contribution in [-0.4, -0.2) is 21.7 Å². The van der Waals surface area contributed by atoms with Gasteiger partial charge in [0, 0.05) is 17.1 Å². The van der Waals surface area contributed by atoms with E-state index in [0.717, 1.165) is 23.3 Å². The van der Waals surface area contributed by atoms with Gasteiger partial charge < -0.3 is 4.90 Å². The molecule has 5 heteroatoms. The van der Waals surface area contributed by atoms with Crippen molar-refractivity contribution in [2.75, 3.05) is 4.90 Å². The molecule has 4 saturated carbocycles. The zero-order valence-corrected chi connectivity index (χ0v) is 25.2. The Labute approximate surface area is 253 Å². The molecule has 0 spiro atoms. The fraction of sp³-hybridized carbons (Fsp3) is 0.368. The normalized spacial score (nSPS) is 26.6. The highest BCUT2D eigenvalue weighted by Gasteiger charge is 2.53. The predicted octanol–water partition coefficient (Wildman–Crippen LogP) is 6.78. The number of anilines is 3. The SMILES string of the molecule is CC(C)(C)c1ccc(N2c3cccc4c3B3c5c2cc(C26CC7CC(CC(C7)C2)C6)cc5-n2nnc5ccc-4c3c52)cc1. The van der Waals surface area contributed by atoms with E-state index < -0.39 is 0 Å². The van der Waals surface area contributed by atoms with Crippen LogP contribution in [0.1, 0.15) is 70.4 Å². The van der Waals surface area contributed by atoms with Gasteiger partial charge in [-0.05, 0) is 142 Å². The van der Waals surface area contributed by atoms with Gasteiger partial charge in [-0.1, -0.05) is 56.3 Å². The van der Waals surface area contributed by atoms with E-state index in [2.05, 4.69) is 97.1 Å². The molecule has 7 aliphatic rings. The van der Waals surface area contributed by atoms with Gasteiger partial charge in [0.15, 0.2) is 0 Å². The Morgan fingerprint density at radius 1 is 0.744 bits per heavy atom. The highest BCUT2D eigenvalue weighted by Crippen LogP contribution is 2.61. The van der Waals surface area contributed by atoms with E-state index in [0.29, 0.717) is 5.41 Å². The molecular formula is C38H35BN4. The molecule has 0 radical (unpaired) electrons. The third kappa shape index (κ3) is 2.81. The molecule has 0 unspecified atom stereocenters. The van der Waals surface area contributed by atoms with E-state index >= 15 is 0 Å². The maximum atomic E-state index is 4.87. The van der Waals surface area contributed by atoms with Crippen molar-refractivity contribution < 1.29 is 0 Å². The third-order valence-corrected chi connectivity index (χ3v) is 12.4. The number of benzene rings is 4. The molecule has 0 amide bonds. The standard InChI is InChI=1S/C38H35BN4/c1-37(2,3)24-7-9-26(10-8-24)42-30-6-4-5-27-28-11-12-29-36-34(28)39(33(27)30)35-31(42)16-25(17-32(35)43(36)41-40-29)38-18-21-13-22(19-38)15-23(14-21)20-38/h4-12,16-17,21-23H,13-15,18-20H2,1-3H3. The van der Waals surface area contributed by atoms with Crippen molar-refractivity contribution in [3.05, 3.63) is 77.9 Å². The fourth-order valence-corrected chi connectivity index (χ4v) is 11.0. The summed E-state index contributed by atoms with van der Waals surface area (Å²) < 4.78 is 2.21. The number of nitrogens with zero attached hydrogens (tertiary/aromatic N) is 4. The largest absolute Gasteiger partial charge is 0.311 e. The Morgan fingerprint density at radius 3 is 2.16 bits per heavy atom. The maximum Gasteiger partial charge on any atom is 0.254 e. The van der Waals surface area contributed by atoms with Crippen LogP contribution in [0.3, 0.4) is 0 Å². The Morgan fingerprint density at radius 2 is 1.44 bits per heavy atom. The van der Waals surface area contributed by atoms with Gasteiger partial charge in [-0.15, -0.1) is 5.10 Å². The van der Waals surface area contributed by atoms with Gasteiger partial charge in [-0.25, -0.2) is 4.68 Å². The van der Waals surface area contributed by atoms with Crippen molar-refractivity contribution in [1.29, 1.82) is 0 Å². The van der Waals surface area contributed by atoms with Crippen molar-refractivity contribution in [3.8, 4) is 16.8 Å². The summed E-state index contributed by atoms with van der Waals surface area (Å²) in [6.45, 7) is 7.14. The van der Waals surface area contributed by atoms with Crippen molar-refractivity contribution in [2.45, 2.75) is 70.1 Å². The molecule has 210 valence electrons. The van der Waals surface area contributed by atoms with Crippen molar-refractivity contribution in [3.63, 3.8) is 0 Å². The van der Waals surface area contributed by atoms with E-state index in [-0.39, 0.29) is 12.1 Å². The van der Waals surface area contributed by atoms with Gasteiger partial charge >= 0.3 is 0 Å². The molecule has 4 nitrogen and oxygen atoms in total. The first kappa shape index (κ1) is 23.6. The van der Waals surface area contributed by atoms with Crippen LogP contribution >= 0.6 is 0 Å². The smallest absolute Gasteiger partial charge is 0.254 e. The zero-order valence-electron chi connectivity index (χ0n) is 25.2. The summed E-state index contributed by atoms with van der Waals surface area (Å²) in [6, 6.07) is 26.0. The minimum absolute atomic E-state index is 0.119. The molecule has 5 aromatic rings. The first-order valence-electron chi connectivity index (χ1n) is 16.5. The summed E-state index contributed by atoms with van der Waals surface area (Å²) in [7, 11) is 0. The minimum atomic E-state index is 0.119. The lowest BCUT2D eigenvalue weighted by atomic mass is 9.35. The lowest BCUT2D eigenvalue weighted by Gasteiger charge is -2.57.